The lowest BCUT2D eigenvalue weighted by Gasteiger charge is -2.16. The van der Waals surface area contributed by atoms with E-state index in [-0.39, 0.29) is 45.4 Å². The largest absolute Gasteiger partial charge is 0.207 e. The van der Waals surface area contributed by atoms with E-state index in [1.165, 1.54) is 65.4 Å². The monoisotopic (exact) mass is 1010 g/mol. The van der Waals surface area contributed by atoms with Crippen molar-refractivity contribution in [3.63, 3.8) is 0 Å². The first-order valence-corrected chi connectivity index (χ1v) is 25.9. The van der Waals surface area contributed by atoms with Crippen LogP contribution in [0.4, 0.5) is 17.6 Å². The van der Waals surface area contributed by atoms with Gasteiger partial charge >= 0.3 is 0 Å². The molecule has 3 atom stereocenters. The van der Waals surface area contributed by atoms with E-state index in [2.05, 4.69) is 175 Å². The van der Waals surface area contributed by atoms with Crippen molar-refractivity contribution in [2.45, 2.75) is 184 Å². The standard InChI is InChI=1S/C12H16F2.C12H18.C11H15F.C11H16.C10H13F.C10H14.3CH4/c1-7(2)8(3)10-5-11(13)9(4)12(14)6-10;1-9(2)11(4)12-7-5-10(3)6-8-12;1-8(2)4-10-5-9(3)6-11(12)7-10;1-9(2)10(3)11-7-5-4-6-8-11;1-8(2)7-9-3-5-10(11)6-4-9;1-9(2)8-10-6-4-3-5-7-10;;;/h5-8H,1-4H3;5-9,11H,1-4H3;5-8H,4H2,1-3H3;4-10H,1-3H3;3-6,8H,7H2,1-2H3;3-7,9H,8H2,1-2H3;3*1H4. The van der Waals surface area contributed by atoms with Crippen LogP contribution in [-0.4, -0.2) is 0 Å². The Kier molecular flexibility index (Phi) is 38.2. The number of aryl methyl sites for hydroxylation is 2. The van der Waals surface area contributed by atoms with E-state index >= 15 is 0 Å². The predicted octanol–water partition coefficient (Wildman–Crippen LogP) is 22.4. The average molecular weight is 1010 g/mol. The van der Waals surface area contributed by atoms with Crippen LogP contribution < -0.4 is 0 Å². The summed E-state index contributed by atoms with van der Waals surface area (Å²) < 4.78 is 51.8. The minimum atomic E-state index is -0.451. The van der Waals surface area contributed by atoms with Gasteiger partial charge in [0, 0.05) is 5.56 Å². The Morgan fingerprint density at radius 1 is 0.315 bits per heavy atom. The van der Waals surface area contributed by atoms with E-state index in [0.717, 1.165) is 47.3 Å². The summed E-state index contributed by atoms with van der Waals surface area (Å²) in [6.45, 7) is 38.3. The molecule has 408 valence electrons. The second-order valence-corrected chi connectivity index (χ2v) is 21.6. The number of halogens is 4. The highest BCUT2D eigenvalue weighted by Gasteiger charge is 2.14. The lowest BCUT2D eigenvalue weighted by Crippen LogP contribution is -2.04. The van der Waals surface area contributed by atoms with Crippen LogP contribution in [0.25, 0.3) is 0 Å². The van der Waals surface area contributed by atoms with Crippen molar-refractivity contribution < 1.29 is 17.6 Å². The third kappa shape index (κ3) is 31.4. The molecule has 3 unspecified atom stereocenters. The van der Waals surface area contributed by atoms with Crippen LogP contribution in [0.2, 0.25) is 0 Å². The maximum absolute atomic E-state index is 13.2. The molecule has 0 saturated carbocycles. The molecule has 0 spiro atoms. The van der Waals surface area contributed by atoms with E-state index in [0.29, 0.717) is 29.6 Å². The number of benzene rings is 6. The highest BCUT2D eigenvalue weighted by molar-refractivity contribution is 5.28. The summed E-state index contributed by atoms with van der Waals surface area (Å²) in [4.78, 5) is 0. The first-order chi connectivity index (χ1) is 32.8. The van der Waals surface area contributed by atoms with Gasteiger partial charge in [0.05, 0.1) is 0 Å². The molecule has 6 aromatic rings. The molecule has 4 heteroatoms. The summed E-state index contributed by atoms with van der Waals surface area (Å²) in [5.74, 6) is 4.19. The highest BCUT2D eigenvalue weighted by atomic mass is 19.1. The molecule has 0 saturated heterocycles. The summed E-state index contributed by atoms with van der Waals surface area (Å²) in [6.07, 6.45) is 3.18. The first-order valence-electron chi connectivity index (χ1n) is 25.9. The van der Waals surface area contributed by atoms with Crippen LogP contribution in [-0.2, 0) is 19.3 Å². The Balaban J connectivity index is -0.000000801. The molecule has 0 bridgehead atoms. The van der Waals surface area contributed by atoms with Crippen LogP contribution in [0.3, 0.4) is 0 Å². The van der Waals surface area contributed by atoms with Crippen molar-refractivity contribution in [1.82, 2.24) is 0 Å². The first kappa shape index (κ1) is 72.3. The van der Waals surface area contributed by atoms with Crippen LogP contribution in [0.1, 0.15) is 194 Å². The van der Waals surface area contributed by atoms with Crippen molar-refractivity contribution in [2.75, 3.05) is 0 Å². The molecule has 0 aliphatic rings. The predicted molar refractivity (Wildman–Crippen MR) is 318 cm³/mol. The van der Waals surface area contributed by atoms with Crippen molar-refractivity contribution >= 4 is 0 Å². The van der Waals surface area contributed by atoms with Gasteiger partial charge < -0.3 is 0 Å². The van der Waals surface area contributed by atoms with Crippen molar-refractivity contribution in [3.8, 4) is 0 Å². The van der Waals surface area contributed by atoms with Gasteiger partial charge in [-0.2, -0.15) is 0 Å². The van der Waals surface area contributed by atoms with Gasteiger partial charge in [0.2, 0.25) is 0 Å². The Bertz CT molecular complexity index is 2210. The van der Waals surface area contributed by atoms with Gasteiger partial charge in [0.25, 0.3) is 0 Å². The van der Waals surface area contributed by atoms with Gasteiger partial charge in [0.1, 0.15) is 23.3 Å². The molecule has 73 heavy (non-hydrogen) atoms. The molecule has 0 aliphatic carbocycles. The topological polar surface area (TPSA) is 0 Å². The Labute approximate surface area is 447 Å². The molecule has 6 aromatic carbocycles. The molecule has 0 fully saturated rings. The fourth-order valence-corrected chi connectivity index (χ4v) is 7.29. The van der Waals surface area contributed by atoms with Gasteiger partial charge in [-0.05, 0) is 169 Å². The minimum Gasteiger partial charge on any atom is -0.207 e. The molecule has 0 radical (unpaired) electrons. The average Bonchev–Trinajstić information content (AvgIpc) is 3.29. The SMILES string of the molecule is C.C.C.CC(C)C(C)c1ccccc1.CC(C)Cc1ccc(F)cc1.CC(C)Cc1ccccc1.Cc1c(F)cc(C(C)C(C)C)cc1F.Cc1cc(F)cc(CC(C)C)c1.Cc1ccc(C(C)C(C)C)cc1. The highest BCUT2D eigenvalue weighted by Crippen LogP contribution is 2.27. The zero-order valence-corrected chi connectivity index (χ0v) is 46.6. The maximum atomic E-state index is 13.2. The summed E-state index contributed by atoms with van der Waals surface area (Å²) in [7, 11) is 0. The van der Waals surface area contributed by atoms with Crippen molar-refractivity contribution in [1.29, 1.82) is 0 Å². The summed E-state index contributed by atoms with van der Waals surface area (Å²) in [5.41, 5.74) is 9.84. The van der Waals surface area contributed by atoms with Crippen LogP contribution in [0, 0.1) is 79.5 Å². The van der Waals surface area contributed by atoms with Gasteiger partial charge in [-0.1, -0.05) is 235 Å². The van der Waals surface area contributed by atoms with Gasteiger partial charge in [0.15, 0.2) is 0 Å². The summed E-state index contributed by atoms with van der Waals surface area (Å²) in [6, 6.07) is 44.9. The number of rotatable bonds is 12. The molecule has 0 N–H and O–H groups in total. The van der Waals surface area contributed by atoms with Crippen LogP contribution in [0.15, 0.2) is 140 Å². The van der Waals surface area contributed by atoms with E-state index in [9.17, 15) is 17.6 Å². The number of hydrogen-bond donors (Lipinski definition) is 0. The van der Waals surface area contributed by atoms with E-state index in [1.807, 2.05) is 45.9 Å². The molecular formula is C69H104F4. The Hall–Kier alpha value is -4.96. The Morgan fingerprint density at radius 2 is 0.671 bits per heavy atom. The number of hydrogen-bond acceptors (Lipinski definition) is 0. The normalized spacial score (nSPS) is 11.6. The zero-order chi connectivity index (χ0) is 53.1. The summed E-state index contributed by atoms with van der Waals surface area (Å²) >= 11 is 0. The smallest absolute Gasteiger partial charge is 0.129 e. The molecular weight excluding hydrogens is 905 g/mol. The fraction of sp³-hybridized carbons (Fsp3) is 0.478. The second kappa shape index (κ2) is 38.6. The lowest BCUT2D eigenvalue weighted by molar-refractivity contribution is 0.516. The van der Waals surface area contributed by atoms with Gasteiger partial charge in [-0.25, -0.2) is 17.6 Å². The third-order valence-electron chi connectivity index (χ3n) is 12.5. The molecule has 0 aliphatic heterocycles. The van der Waals surface area contributed by atoms with Gasteiger partial charge in [-0.3, -0.25) is 0 Å². The quantitative estimate of drug-likeness (QED) is 0.107. The second-order valence-electron chi connectivity index (χ2n) is 21.6. The van der Waals surface area contributed by atoms with Crippen molar-refractivity contribution in [2.24, 2.45) is 35.5 Å². The molecule has 0 amide bonds. The van der Waals surface area contributed by atoms with Crippen molar-refractivity contribution in [3.05, 3.63) is 213 Å². The zero-order valence-electron chi connectivity index (χ0n) is 46.6. The van der Waals surface area contributed by atoms with Gasteiger partial charge in [-0.15, -0.1) is 0 Å². The molecule has 6 rings (SSSR count). The van der Waals surface area contributed by atoms with E-state index in [1.54, 1.807) is 12.1 Å². The van der Waals surface area contributed by atoms with Crippen LogP contribution in [0.5, 0.6) is 0 Å². The van der Waals surface area contributed by atoms with E-state index < -0.39 is 11.6 Å². The third-order valence-corrected chi connectivity index (χ3v) is 12.5. The van der Waals surface area contributed by atoms with E-state index in [4.69, 9.17) is 0 Å². The van der Waals surface area contributed by atoms with Crippen LogP contribution >= 0.6 is 0 Å². The lowest BCUT2D eigenvalue weighted by atomic mass is 9.90. The summed E-state index contributed by atoms with van der Waals surface area (Å²) in [5, 5.41) is 0. The maximum Gasteiger partial charge on any atom is 0.129 e. The Morgan fingerprint density at radius 3 is 1.05 bits per heavy atom. The molecule has 0 aromatic heterocycles. The molecule has 0 nitrogen and oxygen atoms in total. The molecule has 0 heterocycles. The minimum absolute atomic E-state index is 0. The fourth-order valence-electron chi connectivity index (χ4n) is 7.29.